The predicted octanol–water partition coefficient (Wildman–Crippen LogP) is 0.870. The average Bonchev–Trinajstić information content (AvgIpc) is 2.84. The van der Waals surface area contributed by atoms with Gasteiger partial charge in [0.2, 0.25) is 0 Å². The van der Waals surface area contributed by atoms with Crippen molar-refractivity contribution in [3.8, 4) is 0 Å². The normalized spacial score (nSPS) is 15.8. The number of carboxylic acids is 1. The minimum absolute atomic E-state index is 0.109. The zero-order valence-electron chi connectivity index (χ0n) is 10.2. The van der Waals surface area contributed by atoms with Crippen LogP contribution in [-0.2, 0) is 0 Å². The van der Waals surface area contributed by atoms with Crippen LogP contribution in [0.15, 0.2) is 12.3 Å². The van der Waals surface area contributed by atoms with Gasteiger partial charge in [0.1, 0.15) is 5.82 Å². The molecule has 2 rings (SSSR count). The Hall–Kier alpha value is -1.82. The van der Waals surface area contributed by atoms with Crippen LogP contribution in [0.1, 0.15) is 23.2 Å². The Morgan fingerprint density at radius 1 is 1.50 bits per heavy atom. The first kappa shape index (κ1) is 12.6. The molecule has 6 nitrogen and oxygen atoms in total. The number of hydrogen-bond acceptors (Lipinski definition) is 5. The molecule has 0 atom stereocenters. The molecule has 1 saturated heterocycles. The van der Waals surface area contributed by atoms with Gasteiger partial charge >= 0.3 is 5.97 Å². The first-order valence-electron chi connectivity index (χ1n) is 6.12. The van der Waals surface area contributed by atoms with Crippen LogP contribution < -0.4 is 11.1 Å². The van der Waals surface area contributed by atoms with E-state index in [-0.39, 0.29) is 5.56 Å². The van der Waals surface area contributed by atoms with Crippen molar-refractivity contribution in [1.29, 1.82) is 0 Å². The lowest BCUT2D eigenvalue weighted by Gasteiger charge is -2.15. The van der Waals surface area contributed by atoms with E-state index in [0.29, 0.717) is 11.5 Å². The number of aromatic carboxylic acids is 1. The molecule has 0 aromatic carbocycles. The molecule has 0 unspecified atom stereocenters. The van der Waals surface area contributed by atoms with E-state index in [4.69, 9.17) is 10.8 Å². The number of nitrogen functional groups attached to an aromatic ring is 1. The number of nitrogens with one attached hydrogen (secondary N) is 1. The second-order valence-electron chi connectivity index (χ2n) is 4.44. The summed E-state index contributed by atoms with van der Waals surface area (Å²) in [5.74, 6) is -0.461. The van der Waals surface area contributed by atoms with Crippen LogP contribution >= 0.6 is 0 Å². The van der Waals surface area contributed by atoms with Gasteiger partial charge in [-0.25, -0.2) is 9.78 Å². The number of aromatic nitrogens is 1. The molecule has 1 aromatic rings. The Bertz CT molecular complexity index is 430. The van der Waals surface area contributed by atoms with E-state index in [1.165, 1.54) is 25.1 Å². The fourth-order valence-electron chi connectivity index (χ4n) is 2.09. The van der Waals surface area contributed by atoms with E-state index >= 15 is 0 Å². The van der Waals surface area contributed by atoms with Crippen molar-refractivity contribution in [1.82, 2.24) is 9.88 Å². The Kier molecular flexibility index (Phi) is 3.99. The van der Waals surface area contributed by atoms with E-state index < -0.39 is 5.97 Å². The van der Waals surface area contributed by atoms with Crippen LogP contribution in [0.4, 0.5) is 11.5 Å². The quantitative estimate of drug-likeness (QED) is 0.718. The minimum atomic E-state index is -1.02. The summed E-state index contributed by atoms with van der Waals surface area (Å²) >= 11 is 0. The van der Waals surface area contributed by atoms with Crippen molar-refractivity contribution < 1.29 is 9.90 Å². The molecule has 0 bridgehead atoms. The first-order chi connectivity index (χ1) is 8.66. The number of carboxylic acid groups (broad SMARTS) is 1. The summed E-state index contributed by atoms with van der Waals surface area (Å²) in [6.45, 7) is 4.04. The van der Waals surface area contributed by atoms with Crippen molar-refractivity contribution in [3.05, 3.63) is 17.8 Å². The Morgan fingerprint density at radius 2 is 2.22 bits per heavy atom. The molecule has 1 aliphatic heterocycles. The van der Waals surface area contributed by atoms with Crippen molar-refractivity contribution in [2.24, 2.45) is 0 Å². The maximum absolute atomic E-state index is 10.7. The van der Waals surface area contributed by atoms with Gasteiger partial charge < -0.3 is 21.1 Å². The van der Waals surface area contributed by atoms with E-state index in [1.807, 2.05) is 0 Å². The smallest absolute Gasteiger partial charge is 0.337 e. The van der Waals surface area contributed by atoms with Crippen LogP contribution in [0.2, 0.25) is 0 Å². The number of nitrogens with zero attached hydrogens (tertiary/aromatic N) is 2. The maximum Gasteiger partial charge on any atom is 0.337 e. The summed E-state index contributed by atoms with van der Waals surface area (Å²) in [7, 11) is 0. The van der Waals surface area contributed by atoms with E-state index in [2.05, 4.69) is 15.2 Å². The molecular formula is C12H18N4O2. The molecule has 1 aromatic heterocycles. The van der Waals surface area contributed by atoms with E-state index in [0.717, 1.165) is 26.2 Å². The predicted molar refractivity (Wildman–Crippen MR) is 69.8 cm³/mol. The molecule has 0 spiro atoms. The molecule has 1 fully saturated rings. The second kappa shape index (κ2) is 5.68. The third-order valence-corrected chi connectivity index (χ3v) is 3.08. The van der Waals surface area contributed by atoms with E-state index in [1.54, 1.807) is 0 Å². The highest BCUT2D eigenvalue weighted by Crippen LogP contribution is 2.16. The third kappa shape index (κ3) is 3.10. The molecule has 6 heteroatoms. The number of carbonyl (C=O) groups is 1. The summed E-state index contributed by atoms with van der Waals surface area (Å²) in [6, 6.07) is 1.42. The number of hydrogen-bond donors (Lipinski definition) is 3. The molecule has 1 aliphatic rings. The largest absolute Gasteiger partial charge is 0.478 e. The summed E-state index contributed by atoms with van der Waals surface area (Å²) in [5, 5.41) is 11.9. The molecule has 0 aliphatic carbocycles. The Balaban J connectivity index is 1.87. The number of rotatable bonds is 5. The number of pyridine rings is 1. The lowest BCUT2D eigenvalue weighted by atomic mass is 10.2. The average molecular weight is 250 g/mol. The summed E-state index contributed by atoms with van der Waals surface area (Å²) in [6.07, 6.45) is 3.86. The summed E-state index contributed by atoms with van der Waals surface area (Å²) in [4.78, 5) is 17.1. The van der Waals surface area contributed by atoms with Gasteiger partial charge in [-0.05, 0) is 32.0 Å². The molecule has 98 valence electrons. The molecule has 0 radical (unpaired) electrons. The van der Waals surface area contributed by atoms with Gasteiger partial charge in [0.15, 0.2) is 0 Å². The SMILES string of the molecule is Nc1cc(C(=O)O)cnc1NCCN1CCCC1. The Labute approximate surface area is 106 Å². The monoisotopic (exact) mass is 250 g/mol. The highest BCUT2D eigenvalue weighted by molar-refractivity contribution is 5.89. The number of nitrogens with two attached hydrogens (primary N) is 1. The second-order valence-corrected chi connectivity index (χ2v) is 4.44. The van der Waals surface area contributed by atoms with Gasteiger partial charge in [-0.2, -0.15) is 0 Å². The minimum Gasteiger partial charge on any atom is -0.478 e. The van der Waals surface area contributed by atoms with Gasteiger partial charge in [-0.15, -0.1) is 0 Å². The molecule has 0 saturated carbocycles. The van der Waals surface area contributed by atoms with E-state index in [9.17, 15) is 4.79 Å². The fourth-order valence-corrected chi connectivity index (χ4v) is 2.09. The molecular weight excluding hydrogens is 232 g/mol. The topological polar surface area (TPSA) is 91.5 Å². The van der Waals surface area contributed by atoms with Gasteiger partial charge in [-0.1, -0.05) is 0 Å². The van der Waals surface area contributed by atoms with Crippen LogP contribution in [0, 0.1) is 0 Å². The standard InChI is InChI=1S/C12H18N4O2/c13-10-7-9(12(17)18)8-15-11(10)14-3-6-16-4-1-2-5-16/h7-8H,1-6,13H2,(H,14,15)(H,17,18). The zero-order valence-corrected chi connectivity index (χ0v) is 10.2. The summed E-state index contributed by atoms with van der Waals surface area (Å²) < 4.78 is 0. The molecule has 4 N–H and O–H groups in total. The Morgan fingerprint density at radius 3 is 2.83 bits per heavy atom. The maximum atomic E-state index is 10.7. The van der Waals surface area contributed by atoms with Crippen LogP contribution in [0.3, 0.4) is 0 Å². The zero-order chi connectivity index (χ0) is 13.0. The van der Waals surface area contributed by atoms with Crippen molar-refractivity contribution in [3.63, 3.8) is 0 Å². The van der Waals surface area contributed by atoms with Gasteiger partial charge in [0, 0.05) is 19.3 Å². The number of anilines is 2. The molecule has 18 heavy (non-hydrogen) atoms. The van der Waals surface area contributed by atoms with Crippen LogP contribution in [0.5, 0.6) is 0 Å². The summed E-state index contributed by atoms with van der Waals surface area (Å²) in [5.41, 5.74) is 6.23. The fraction of sp³-hybridized carbons (Fsp3) is 0.500. The van der Waals surface area contributed by atoms with Crippen molar-refractivity contribution in [2.75, 3.05) is 37.2 Å². The van der Waals surface area contributed by atoms with Crippen LogP contribution in [-0.4, -0.2) is 47.1 Å². The van der Waals surface area contributed by atoms with Crippen molar-refractivity contribution in [2.45, 2.75) is 12.8 Å². The number of likely N-dealkylation sites (tertiary alicyclic amines) is 1. The van der Waals surface area contributed by atoms with Gasteiger partial charge in [0.05, 0.1) is 11.3 Å². The molecule has 2 heterocycles. The lowest BCUT2D eigenvalue weighted by Crippen LogP contribution is -2.26. The lowest BCUT2D eigenvalue weighted by molar-refractivity contribution is 0.0696. The van der Waals surface area contributed by atoms with Crippen LogP contribution in [0.25, 0.3) is 0 Å². The highest BCUT2D eigenvalue weighted by Gasteiger charge is 2.11. The third-order valence-electron chi connectivity index (χ3n) is 3.08. The molecule has 0 amide bonds. The van der Waals surface area contributed by atoms with Gasteiger partial charge in [0.25, 0.3) is 0 Å². The first-order valence-corrected chi connectivity index (χ1v) is 6.12. The van der Waals surface area contributed by atoms with Gasteiger partial charge in [-0.3, -0.25) is 0 Å². The van der Waals surface area contributed by atoms with Crippen molar-refractivity contribution >= 4 is 17.5 Å². The highest BCUT2D eigenvalue weighted by atomic mass is 16.4.